The number of ketones is 1. The molecule has 4 nitrogen and oxygen atoms in total. The largest absolute Gasteiger partial charge is 0.469 e. The van der Waals surface area contributed by atoms with Gasteiger partial charge in [-0.15, -0.1) is 0 Å². The zero-order valence-corrected chi connectivity index (χ0v) is 15.8. The second-order valence-corrected chi connectivity index (χ2v) is 8.39. The summed E-state index contributed by atoms with van der Waals surface area (Å²) >= 11 is 0. The van der Waals surface area contributed by atoms with E-state index in [-0.39, 0.29) is 23.5 Å². The second kappa shape index (κ2) is 5.94. The van der Waals surface area contributed by atoms with Gasteiger partial charge < -0.3 is 9.84 Å². The van der Waals surface area contributed by atoms with Gasteiger partial charge in [0, 0.05) is 12.0 Å². The number of hydrogen-bond donors (Lipinski definition) is 1. The Bertz CT molecular complexity index is 723. The first-order valence-corrected chi connectivity index (χ1v) is 9.10. The van der Waals surface area contributed by atoms with Crippen molar-refractivity contribution in [3.05, 3.63) is 34.9 Å². The molecule has 136 valence electrons. The molecule has 0 spiro atoms. The lowest BCUT2D eigenvalue weighted by Gasteiger charge is -2.55. The minimum atomic E-state index is -1.06. The van der Waals surface area contributed by atoms with Crippen molar-refractivity contribution >= 4 is 11.8 Å². The van der Waals surface area contributed by atoms with Crippen LogP contribution in [0.5, 0.6) is 0 Å². The maximum absolute atomic E-state index is 12.9. The minimum absolute atomic E-state index is 0.0594. The molecule has 1 aromatic rings. The van der Waals surface area contributed by atoms with Gasteiger partial charge in [-0.1, -0.05) is 32.9 Å². The van der Waals surface area contributed by atoms with Crippen LogP contribution in [0.3, 0.4) is 0 Å². The highest BCUT2D eigenvalue weighted by atomic mass is 16.5. The number of esters is 1. The number of methoxy groups -OCH3 is 1. The van der Waals surface area contributed by atoms with Crippen LogP contribution in [-0.2, 0) is 14.9 Å². The van der Waals surface area contributed by atoms with Gasteiger partial charge in [-0.3, -0.25) is 9.59 Å². The van der Waals surface area contributed by atoms with E-state index >= 15 is 0 Å². The Kier molecular flexibility index (Phi) is 4.31. The van der Waals surface area contributed by atoms with E-state index in [9.17, 15) is 14.7 Å². The monoisotopic (exact) mass is 344 g/mol. The van der Waals surface area contributed by atoms with Crippen molar-refractivity contribution in [3.63, 3.8) is 0 Å². The van der Waals surface area contributed by atoms with Crippen molar-refractivity contribution in [2.75, 3.05) is 7.11 Å². The van der Waals surface area contributed by atoms with Crippen LogP contribution in [0.1, 0.15) is 74.4 Å². The van der Waals surface area contributed by atoms with E-state index in [2.05, 4.69) is 32.9 Å². The third-order valence-corrected chi connectivity index (χ3v) is 6.76. The number of carbonyl (C=O) groups excluding carboxylic acids is 2. The average molecular weight is 344 g/mol. The van der Waals surface area contributed by atoms with E-state index in [4.69, 9.17) is 4.74 Å². The number of ether oxygens (including phenoxy) is 1. The first-order chi connectivity index (χ1) is 11.7. The molecular weight excluding hydrogens is 316 g/mol. The molecule has 3 rings (SSSR count). The molecule has 0 aliphatic heterocycles. The molecule has 0 bridgehead atoms. The lowest BCUT2D eigenvalue weighted by molar-refractivity contribution is -0.174. The fourth-order valence-electron chi connectivity index (χ4n) is 5.01. The van der Waals surface area contributed by atoms with E-state index in [0.29, 0.717) is 12.3 Å². The number of carbonyl (C=O) groups is 2. The molecule has 25 heavy (non-hydrogen) atoms. The molecule has 0 aromatic heterocycles. The molecule has 0 saturated heterocycles. The summed E-state index contributed by atoms with van der Waals surface area (Å²) < 4.78 is 5.02. The zero-order valence-electron chi connectivity index (χ0n) is 15.8. The van der Waals surface area contributed by atoms with Gasteiger partial charge in [0.2, 0.25) is 0 Å². The van der Waals surface area contributed by atoms with Gasteiger partial charge in [-0.05, 0) is 54.2 Å². The summed E-state index contributed by atoms with van der Waals surface area (Å²) in [7, 11) is 1.35. The van der Waals surface area contributed by atoms with Gasteiger partial charge >= 0.3 is 5.97 Å². The Labute approximate surface area is 149 Å². The summed E-state index contributed by atoms with van der Waals surface area (Å²) in [5, 5.41) is 10.6. The maximum Gasteiger partial charge on any atom is 0.314 e. The molecule has 1 N–H and O–H groups in total. The van der Waals surface area contributed by atoms with Gasteiger partial charge in [0.15, 0.2) is 5.78 Å². The molecule has 4 heteroatoms. The maximum atomic E-state index is 12.9. The lowest BCUT2D eigenvalue weighted by atomic mass is 9.48. The minimum Gasteiger partial charge on any atom is -0.469 e. The third kappa shape index (κ3) is 2.45. The van der Waals surface area contributed by atoms with E-state index in [1.807, 2.05) is 6.07 Å². The van der Waals surface area contributed by atoms with E-state index in [0.717, 1.165) is 23.1 Å². The predicted molar refractivity (Wildman–Crippen MR) is 95.7 cm³/mol. The molecule has 0 heterocycles. The van der Waals surface area contributed by atoms with Gasteiger partial charge in [0.05, 0.1) is 18.6 Å². The highest BCUT2D eigenvalue weighted by molar-refractivity contribution is 6.00. The van der Waals surface area contributed by atoms with Crippen molar-refractivity contribution in [2.45, 2.75) is 64.4 Å². The summed E-state index contributed by atoms with van der Waals surface area (Å²) in [5.41, 5.74) is 1.57. The highest BCUT2D eigenvalue weighted by Crippen LogP contribution is 2.57. The van der Waals surface area contributed by atoms with Crippen LogP contribution in [-0.4, -0.2) is 30.1 Å². The summed E-state index contributed by atoms with van der Waals surface area (Å²) in [5.74, 6) is -0.270. The molecule has 0 amide bonds. The zero-order chi connectivity index (χ0) is 18.6. The number of rotatable bonds is 2. The van der Waals surface area contributed by atoms with E-state index < -0.39 is 17.5 Å². The van der Waals surface area contributed by atoms with Crippen LogP contribution in [0.15, 0.2) is 18.2 Å². The van der Waals surface area contributed by atoms with Gasteiger partial charge in [0.25, 0.3) is 0 Å². The molecule has 0 radical (unpaired) electrons. The first kappa shape index (κ1) is 18.1. The van der Waals surface area contributed by atoms with Crippen molar-refractivity contribution in [2.24, 2.45) is 11.3 Å². The number of fused-ring (bicyclic) bond motifs is 3. The second-order valence-electron chi connectivity index (χ2n) is 8.39. The summed E-state index contributed by atoms with van der Waals surface area (Å²) in [6.07, 6.45) is 0.765. The van der Waals surface area contributed by atoms with Gasteiger partial charge in [-0.25, -0.2) is 0 Å². The normalized spacial score (nSPS) is 34.4. The Balaban J connectivity index is 2.16. The molecule has 0 unspecified atom stereocenters. The standard InChI is InChI=1S/C21H28O4/c1-12(2)13-6-7-15-14(10-13)16(22)11-17-20(15,3)9-8-18(23)21(17,4)19(24)25-5/h6-7,10,12,17-18,23H,8-9,11H2,1-5H3/t17-,18-,20-,21-/m1/s1. The fourth-order valence-corrected chi connectivity index (χ4v) is 5.01. The Morgan fingerprint density at radius 2 is 2.00 bits per heavy atom. The van der Waals surface area contributed by atoms with Gasteiger partial charge in [0.1, 0.15) is 0 Å². The quantitative estimate of drug-likeness (QED) is 0.833. The molecule has 2 aliphatic rings. The van der Waals surface area contributed by atoms with Crippen molar-refractivity contribution in [3.8, 4) is 0 Å². The topological polar surface area (TPSA) is 63.6 Å². The Hall–Kier alpha value is -1.68. The van der Waals surface area contributed by atoms with E-state index in [1.165, 1.54) is 7.11 Å². The summed E-state index contributed by atoms with van der Waals surface area (Å²) in [6.45, 7) is 8.12. The van der Waals surface area contributed by atoms with Crippen LogP contribution in [0.4, 0.5) is 0 Å². The SMILES string of the molecule is COC(=O)[C@@]1(C)[C@H](O)CC[C@]2(C)c3ccc(C(C)C)cc3C(=O)C[C@@H]12. The molecular formula is C21H28O4. The first-order valence-electron chi connectivity index (χ1n) is 9.10. The number of aliphatic hydroxyl groups is 1. The van der Waals surface area contributed by atoms with Crippen LogP contribution >= 0.6 is 0 Å². The molecule has 1 aromatic carbocycles. The van der Waals surface area contributed by atoms with Crippen molar-refractivity contribution < 1.29 is 19.4 Å². The smallest absolute Gasteiger partial charge is 0.314 e. The number of aliphatic hydroxyl groups excluding tert-OH is 1. The Morgan fingerprint density at radius 1 is 1.32 bits per heavy atom. The van der Waals surface area contributed by atoms with Crippen LogP contribution in [0.25, 0.3) is 0 Å². The summed E-state index contributed by atoms with van der Waals surface area (Å²) in [4.78, 5) is 25.5. The van der Waals surface area contributed by atoms with Crippen LogP contribution in [0.2, 0.25) is 0 Å². The number of Topliss-reactive ketones (excluding diaryl/α,β-unsaturated/α-hetero) is 1. The van der Waals surface area contributed by atoms with Gasteiger partial charge in [-0.2, -0.15) is 0 Å². The van der Waals surface area contributed by atoms with Crippen LogP contribution < -0.4 is 0 Å². The predicted octanol–water partition coefficient (Wildman–Crippen LogP) is 3.60. The van der Waals surface area contributed by atoms with Crippen molar-refractivity contribution in [1.29, 1.82) is 0 Å². The fraction of sp³-hybridized carbons (Fsp3) is 0.619. The molecule has 4 atom stereocenters. The van der Waals surface area contributed by atoms with Crippen LogP contribution in [0, 0.1) is 11.3 Å². The molecule has 1 saturated carbocycles. The number of hydrogen-bond acceptors (Lipinski definition) is 4. The average Bonchev–Trinajstić information content (AvgIpc) is 2.60. The van der Waals surface area contributed by atoms with E-state index in [1.54, 1.807) is 6.92 Å². The highest BCUT2D eigenvalue weighted by Gasteiger charge is 2.61. The number of benzene rings is 1. The van der Waals surface area contributed by atoms with Crippen molar-refractivity contribution in [1.82, 2.24) is 0 Å². The third-order valence-electron chi connectivity index (χ3n) is 6.76. The lowest BCUT2D eigenvalue weighted by Crippen LogP contribution is -2.59. The summed E-state index contributed by atoms with van der Waals surface area (Å²) in [6, 6.07) is 6.17. The molecule has 1 fully saturated rings. The Morgan fingerprint density at radius 3 is 2.60 bits per heavy atom. The molecule has 2 aliphatic carbocycles.